The van der Waals surface area contributed by atoms with Crippen LogP contribution in [-0.2, 0) is 4.79 Å². The summed E-state index contributed by atoms with van der Waals surface area (Å²) in [7, 11) is 0. The smallest absolute Gasteiger partial charge is 0.185 e. The average molecular weight is 325 g/mol. The predicted molar refractivity (Wildman–Crippen MR) is 87.9 cm³/mol. The number of carbonyl (C=O) groups is 2. The molecule has 0 saturated heterocycles. The Morgan fingerprint density at radius 2 is 1.88 bits per heavy atom. The van der Waals surface area contributed by atoms with E-state index in [1.54, 1.807) is 24.3 Å². The topological polar surface area (TPSA) is 75.7 Å². The minimum absolute atomic E-state index is 0.222. The molecule has 0 spiro atoms. The molecule has 0 fully saturated rings. The van der Waals surface area contributed by atoms with Crippen molar-refractivity contribution in [2.75, 3.05) is 13.2 Å². The van der Waals surface area contributed by atoms with E-state index in [4.69, 9.17) is 9.47 Å². The fourth-order valence-corrected chi connectivity index (χ4v) is 2.05. The highest BCUT2D eigenvalue weighted by atomic mass is 16.5. The van der Waals surface area contributed by atoms with Crippen molar-refractivity contribution in [2.24, 2.45) is 0 Å². The van der Waals surface area contributed by atoms with Crippen molar-refractivity contribution >= 4 is 17.8 Å². The highest BCUT2D eigenvalue weighted by Gasteiger charge is 2.05. The number of hydrogen-bond donors (Lipinski definition) is 0. The molecule has 5 nitrogen and oxygen atoms in total. The van der Waals surface area contributed by atoms with Crippen molar-refractivity contribution in [1.82, 2.24) is 0 Å². The molecule has 0 aliphatic heterocycles. The van der Waals surface area contributed by atoms with E-state index in [0.29, 0.717) is 23.7 Å². The van der Waals surface area contributed by atoms with E-state index in [0.717, 1.165) is 5.56 Å². The third-order valence-electron chi connectivity index (χ3n) is 3.11. The number of ether oxygens (including phenoxy) is 2. The monoisotopic (exact) mass is 325 g/mol. The van der Waals surface area contributed by atoms with Gasteiger partial charge in [-0.1, -0.05) is 30.3 Å². The van der Waals surface area contributed by atoms with Crippen LogP contribution in [0, 0.1) is 0 Å². The quantitative estimate of drug-likeness (QED) is 0.549. The van der Waals surface area contributed by atoms with Gasteiger partial charge in [0.15, 0.2) is 5.78 Å². The third-order valence-corrected chi connectivity index (χ3v) is 3.11. The van der Waals surface area contributed by atoms with Gasteiger partial charge >= 0.3 is 0 Å². The summed E-state index contributed by atoms with van der Waals surface area (Å²) in [5, 5.41) is 10.4. The van der Waals surface area contributed by atoms with Gasteiger partial charge in [0.05, 0.1) is 12.6 Å². The highest BCUT2D eigenvalue weighted by molar-refractivity contribution is 6.07. The summed E-state index contributed by atoms with van der Waals surface area (Å²) in [5.41, 5.74) is 1.20. The van der Waals surface area contributed by atoms with Crippen LogP contribution in [0.3, 0.4) is 0 Å². The zero-order valence-corrected chi connectivity index (χ0v) is 13.2. The summed E-state index contributed by atoms with van der Waals surface area (Å²) in [5.74, 6) is -0.539. The van der Waals surface area contributed by atoms with Gasteiger partial charge in [-0.05, 0) is 37.3 Å². The van der Waals surface area contributed by atoms with Crippen LogP contribution in [0.2, 0.25) is 0 Å². The van der Waals surface area contributed by atoms with Gasteiger partial charge in [0.1, 0.15) is 18.1 Å². The van der Waals surface area contributed by atoms with Crippen molar-refractivity contribution < 1.29 is 24.2 Å². The lowest BCUT2D eigenvalue weighted by Crippen LogP contribution is -2.28. The highest BCUT2D eigenvalue weighted by Crippen LogP contribution is 2.20. The molecule has 0 aliphatic rings. The van der Waals surface area contributed by atoms with Crippen molar-refractivity contribution in [3.63, 3.8) is 0 Å². The predicted octanol–water partition coefficient (Wildman–Crippen LogP) is 2.11. The molecule has 0 saturated carbocycles. The van der Waals surface area contributed by atoms with Crippen LogP contribution in [0.1, 0.15) is 22.8 Å². The molecule has 2 rings (SSSR count). The summed E-state index contributed by atoms with van der Waals surface area (Å²) in [6.45, 7) is 1.87. The van der Waals surface area contributed by atoms with Crippen LogP contribution < -0.4 is 14.6 Å². The SMILES string of the molecule is CCOc1ccccc1/C=C/C(=O)c1cccc(OCC(=O)[O-])c1. The van der Waals surface area contributed by atoms with E-state index in [2.05, 4.69) is 0 Å². The first-order valence-corrected chi connectivity index (χ1v) is 7.47. The maximum atomic E-state index is 12.3. The molecule has 24 heavy (non-hydrogen) atoms. The second kappa shape index (κ2) is 8.53. The number of para-hydroxylation sites is 1. The minimum Gasteiger partial charge on any atom is -0.546 e. The van der Waals surface area contributed by atoms with Crippen molar-refractivity contribution in [3.05, 3.63) is 65.7 Å². The summed E-state index contributed by atoms with van der Waals surface area (Å²) >= 11 is 0. The number of carbonyl (C=O) groups excluding carboxylic acids is 2. The molecule has 0 aliphatic carbocycles. The Balaban J connectivity index is 2.12. The van der Waals surface area contributed by atoms with Gasteiger partial charge in [0.25, 0.3) is 0 Å². The van der Waals surface area contributed by atoms with Crippen molar-refractivity contribution in [3.8, 4) is 11.5 Å². The molecule has 124 valence electrons. The van der Waals surface area contributed by atoms with E-state index >= 15 is 0 Å². The molecule has 2 aromatic carbocycles. The number of hydrogen-bond acceptors (Lipinski definition) is 5. The van der Waals surface area contributed by atoms with Gasteiger partial charge in [-0.25, -0.2) is 0 Å². The summed E-state index contributed by atoms with van der Waals surface area (Å²) in [4.78, 5) is 22.7. The minimum atomic E-state index is -1.32. The van der Waals surface area contributed by atoms with Crippen LogP contribution in [-0.4, -0.2) is 25.0 Å². The van der Waals surface area contributed by atoms with Gasteiger partial charge in [-0.15, -0.1) is 0 Å². The molecule has 0 unspecified atom stereocenters. The first-order chi connectivity index (χ1) is 11.6. The molecular formula is C19H17O5-. The second-order valence-corrected chi connectivity index (χ2v) is 4.86. The zero-order chi connectivity index (χ0) is 17.4. The second-order valence-electron chi connectivity index (χ2n) is 4.86. The van der Waals surface area contributed by atoms with Crippen LogP contribution >= 0.6 is 0 Å². The Kier molecular flexibility index (Phi) is 6.14. The summed E-state index contributed by atoms with van der Waals surface area (Å²) in [6, 6.07) is 13.7. The fraction of sp³-hybridized carbons (Fsp3) is 0.158. The van der Waals surface area contributed by atoms with Gasteiger partial charge < -0.3 is 19.4 Å². The summed E-state index contributed by atoms with van der Waals surface area (Å²) < 4.78 is 10.5. The molecule has 0 radical (unpaired) electrons. The number of rotatable bonds is 8. The standard InChI is InChI=1S/C19H18O5/c1-2-23-18-9-4-3-6-14(18)10-11-17(20)15-7-5-8-16(12-15)24-13-19(21)22/h3-12H,2,13H2,1H3,(H,21,22)/p-1/b11-10+. The van der Waals surface area contributed by atoms with Gasteiger partial charge in [0, 0.05) is 11.1 Å². The number of carboxylic acid groups (broad SMARTS) is 1. The Morgan fingerprint density at radius 1 is 1.08 bits per heavy atom. The molecule has 0 bridgehead atoms. The first-order valence-electron chi connectivity index (χ1n) is 7.47. The van der Waals surface area contributed by atoms with E-state index in [1.807, 2.05) is 31.2 Å². The molecule has 0 N–H and O–H groups in total. The largest absolute Gasteiger partial charge is 0.546 e. The van der Waals surface area contributed by atoms with Crippen molar-refractivity contribution in [1.29, 1.82) is 0 Å². The molecule has 0 heterocycles. The fourth-order valence-electron chi connectivity index (χ4n) is 2.05. The van der Waals surface area contributed by atoms with Gasteiger partial charge in [-0.2, -0.15) is 0 Å². The maximum absolute atomic E-state index is 12.3. The number of aliphatic carboxylic acids is 1. The van der Waals surface area contributed by atoms with Crippen LogP contribution in [0.5, 0.6) is 11.5 Å². The van der Waals surface area contributed by atoms with Gasteiger partial charge in [0.2, 0.25) is 0 Å². The molecule has 5 heteroatoms. The van der Waals surface area contributed by atoms with Crippen LogP contribution in [0.25, 0.3) is 6.08 Å². The molecule has 2 aromatic rings. The van der Waals surface area contributed by atoms with Crippen LogP contribution in [0.15, 0.2) is 54.6 Å². The lowest BCUT2D eigenvalue weighted by Gasteiger charge is -2.07. The van der Waals surface area contributed by atoms with E-state index in [9.17, 15) is 14.7 Å². The Labute approximate surface area is 140 Å². The average Bonchev–Trinajstić information content (AvgIpc) is 2.59. The van der Waals surface area contributed by atoms with Gasteiger partial charge in [-0.3, -0.25) is 4.79 Å². The molecule has 0 amide bonds. The normalized spacial score (nSPS) is 10.5. The number of benzene rings is 2. The maximum Gasteiger partial charge on any atom is 0.185 e. The molecular weight excluding hydrogens is 308 g/mol. The van der Waals surface area contributed by atoms with E-state index in [-0.39, 0.29) is 5.78 Å². The Hall–Kier alpha value is -3.08. The van der Waals surface area contributed by atoms with E-state index < -0.39 is 12.6 Å². The Morgan fingerprint density at radius 3 is 2.62 bits per heavy atom. The molecule has 0 aromatic heterocycles. The van der Waals surface area contributed by atoms with E-state index in [1.165, 1.54) is 12.1 Å². The number of ketones is 1. The third kappa shape index (κ3) is 4.98. The molecule has 0 atom stereocenters. The first kappa shape index (κ1) is 17.3. The lowest BCUT2D eigenvalue weighted by molar-refractivity contribution is -0.307. The summed E-state index contributed by atoms with van der Waals surface area (Å²) in [6.07, 6.45) is 3.12. The van der Waals surface area contributed by atoms with Crippen molar-refractivity contribution in [2.45, 2.75) is 6.92 Å². The number of allylic oxidation sites excluding steroid dienone is 1. The van der Waals surface area contributed by atoms with Crippen LogP contribution in [0.4, 0.5) is 0 Å². The Bertz CT molecular complexity index is 749. The number of carboxylic acids is 1. The lowest BCUT2D eigenvalue weighted by atomic mass is 10.1. The zero-order valence-electron chi connectivity index (χ0n) is 13.2.